The third-order valence-electron chi connectivity index (χ3n) is 3.81. The monoisotopic (exact) mass is 343 g/mol. The van der Waals surface area contributed by atoms with Gasteiger partial charge in [-0.25, -0.2) is 4.79 Å². The summed E-state index contributed by atoms with van der Waals surface area (Å²) in [4.78, 5) is 44.1. The summed E-state index contributed by atoms with van der Waals surface area (Å²) in [5.74, 6) is 0.0213. The Morgan fingerprint density at radius 2 is 2.00 bits per heavy atom. The number of H-pyrrole nitrogens is 2. The van der Waals surface area contributed by atoms with Crippen molar-refractivity contribution < 1.29 is 14.6 Å². The standard InChI is InChI=1S/C16H14N4O5/c1-20(9-17-12-13(20)18-15(23)19-14(12)22)16(24)25-8-11(7-21)10-5-3-2-4-6-10/h2-7,9H,8H2,1H3,(H2-,18,19,21,22,23)/p+1. The van der Waals surface area contributed by atoms with Crippen molar-refractivity contribution in [1.29, 1.82) is 0 Å². The van der Waals surface area contributed by atoms with Crippen LogP contribution >= 0.6 is 0 Å². The number of aliphatic hydroxyl groups is 1. The van der Waals surface area contributed by atoms with Gasteiger partial charge < -0.3 is 9.84 Å². The van der Waals surface area contributed by atoms with Crippen LogP contribution in [0, 0.1) is 0 Å². The maximum atomic E-state index is 12.5. The number of amides is 1. The lowest BCUT2D eigenvalue weighted by atomic mass is 10.1. The Morgan fingerprint density at radius 3 is 2.68 bits per heavy atom. The lowest BCUT2D eigenvalue weighted by Crippen LogP contribution is -2.49. The smallest absolute Gasteiger partial charge is 0.515 e. The quantitative estimate of drug-likeness (QED) is 0.574. The Morgan fingerprint density at radius 1 is 1.28 bits per heavy atom. The molecule has 9 nitrogen and oxygen atoms in total. The van der Waals surface area contributed by atoms with Crippen molar-refractivity contribution in [3.8, 4) is 0 Å². The van der Waals surface area contributed by atoms with Crippen molar-refractivity contribution in [1.82, 2.24) is 14.5 Å². The van der Waals surface area contributed by atoms with Gasteiger partial charge in [-0.2, -0.15) is 9.79 Å². The second kappa shape index (κ2) is 6.21. The van der Waals surface area contributed by atoms with Crippen LogP contribution in [-0.2, 0) is 4.74 Å². The number of hydrogen-bond donors (Lipinski definition) is 3. The van der Waals surface area contributed by atoms with Gasteiger partial charge in [-0.1, -0.05) is 30.3 Å². The van der Waals surface area contributed by atoms with Gasteiger partial charge in [0.2, 0.25) is 12.0 Å². The summed E-state index contributed by atoms with van der Waals surface area (Å²) in [6.07, 6.45) is 1.29. The molecule has 0 saturated heterocycles. The first-order valence-electron chi connectivity index (χ1n) is 7.30. The zero-order valence-corrected chi connectivity index (χ0v) is 13.2. The van der Waals surface area contributed by atoms with Crippen molar-refractivity contribution in [2.24, 2.45) is 4.99 Å². The van der Waals surface area contributed by atoms with E-state index in [9.17, 15) is 19.5 Å². The first kappa shape index (κ1) is 16.4. The number of nitrogens with one attached hydrogen (secondary N) is 2. The molecule has 25 heavy (non-hydrogen) atoms. The fourth-order valence-electron chi connectivity index (χ4n) is 2.41. The van der Waals surface area contributed by atoms with Crippen LogP contribution in [-0.4, -0.2) is 41.2 Å². The van der Waals surface area contributed by atoms with Crippen LogP contribution < -0.4 is 15.7 Å². The zero-order chi connectivity index (χ0) is 18.0. The number of benzene rings is 1. The largest absolute Gasteiger partial charge is 0.528 e. The molecule has 3 N–H and O–H groups in total. The van der Waals surface area contributed by atoms with Gasteiger partial charge in [-0.15, -0.1) is 4.48 Å². The van der Waals surface area contributed by atoms with Gasteiger partial charge in [0.1, 0.15) is 6.61 Å². The molecule has 1 unspecified atom stereocenters. The Balaban J connectivity index is 1.83. The third-order valence-corrected chi connectivity index (χ3v) is 3.81. The molecule has 0 fully saturated rings. The fourth-order valence-corrected chi connectivity index (χ4v) is 2.41. The van der Waals surface area contributed by atoms with Crippen LogP contribution in [0.2, 0.25) is 0 Å². The second-order valence-corrected chi connectivity index (χ2v) is 5.50. The molecule has 1 aliphatic heterocycles. The number of aliphatic imine (C=N–C) groups is 1. The summed E-state index contributed by atoms with van der Waals surface area (Å²) in [5, 5.41) is 9.37. The molecule has 1 atom stereocenters. The van der Waals surface area contributed by atoms with Crippen molar-refractivity contribution in [2.75, 3.05) is 13.7 Å². The number of carbonyl (C=O) groups is 1. The Labute approximate surface area is 141 Å². The molecular formula is C16H15N4O5+. The third kappa shape index (κ3) is 2.88. The van der Waals surface area contributed by atoms with Crippen LogP contribution in [0.5, 0.6) is 0 Å². The number of quaternary nitrogens is 1. The van der Waals surface area contributed by atoms with Gasteiger partial charge in [0, 0.05) is 5.57 Å². The summed E-state index contributed by atoms with van der Waals surface area (Å²) in [6, 6.07) is 8.91. The predicted octanol–water partition coefficient (Wildman–Crippen LogP) is 1.41. The molecule has 0 aliphatic carbocycles. The van der Waals surface area contributed by atoms with Crippen LogP contribution in [0.4, 0.5) is 16.3 Å². The van der Waals surface area contributed by atoms with E-state index in [-0.39, 0.29) is 18.1 Å². The molecule has 1 aromatic heterocycles. The lowest BCUT2D eigenvalue weighted by Gasteiger charge is -2.20. The summed E-state index contributed by atoms with van der Waals surface area (Å²) in [6.45, 7) is -0.191. The predicted molar refractivity (Wildman–Crippen MR) is 91.9 cm³/mol. The minimum Gasteiger partial charge on any atom is -0.515 e. The molecule has 0 radical (unpaired) electrons. The molecular weight excluding hydrogens is 328 g/mol. The highest BCUT2D eigenvalue weighted by atomic mass is 16.6. The number of rotatable bonds is 3. The van der Waals surface area contributed by atoms with Crippen LogP contribution in [0.1, 0.15) is 5.56 Å². The van der Waals surface area contributed by atoms with Crippen molar-refractivity contribution in [3.63, 3.8) is 0 Å². The van der Waals surface area contributed by atoms with E-state index < -0.39 is 21.8 Å². The minimum atomic E-state index is -0.765. The molecule has 1 aliphatic rings. The highest BCUT2D eigenvalue weighted by Gasteiger charge is 2.44. The number of nitrogens with zero attached hydrogens (tertiary/aromatic N) is 2. The molecule has 0 spiro atoms. The highest BCUT2D eigenvalue weighted by molar-refractivity contribution is 6.03. The number of ether oxygens (including phenoxy) is 1. The fraction of sp³-hybridized carbons (Fsp3) is 0.125. The number of hydrogen-bond acceptors (Lipinski definition) is 6. The highest BCUT2D eigenvalue weighted by Crippen LogP contribution is 2.31. The molecule has 0 saturated carbocycles. The zero-order valence-electron chi connectivity index (χ0n) is 13.2. The maximum absolute atomic E-state index is 12.5. The van der Waals surface area contributed by atoms with Gasteiger partial charge in [-0.05, 0) is 5.56 Å². The average Bonchev–Trinajstić information content (AvgIpc) is 2.95. The number of fused-ring (bicyclic) bond motifs is 1. The van der Waals surface area contributed by atoms with Crippen LogP contribution in [0.3, 0.4) is 0 Å². The van der Waals surface area contributed by atoms with E-state index >= 15 is 0 Å². The number of aromatic nitrogens is 2. The number of carbonyl (C=O) groups excluding carboxylic acids is 1. The summed E-state index contributed by atoms with van der Waals surface area (Å²) in [5.41, 5.74) is -0.395. The maximum Gasteiger partial charge on any atom is 0.528 e. The van der Waals surface area contributed by atoms with E-state index in [2.05, 4.69) is 9.98 Å². The summed E-state index contributed by atoms with van der Waals surface area (Å²) < 4.78 is 4.63. The van der Waals surface area contributed by atoms with Crippen molar-refractivity contribution in [3.05, 3.63) is 63.0 Å². The van der Waals surface area contributed by atoms with E-state index in [1.54, 1.807) is 24.3 Å². The Hall–Kier alpha value is -3.46. The molecule has 1 aromatic carbocycles. The second-order valence-electron chi connectivity index (χ2n) is 5.50. The Bertz CT molecular complexity index is 990. The van der Waals surface area contributed by atoms with Crippen LogP contribution in [0.15, 0.2) is 51.2 Å². The minimum absolute atomic E-state index is 0.0213. The van der Waals surface area contributed by atoms with Gasteiger partial charge >= 0.3 is 11.8 Å². The van der Waals surface area contributed by atoms with Gasteiger partial charge in [-0.3, -0.25) is 14.8 Å². The first-order valence-corrected chi connectivity index (χ1v) is 7.30. The molecule has 3 rings (SSSR count). The van der Waals surface area contributed by atoms with E-state index in [1.807, 2.05) is 11.1 Å². The molecule has 0 bridgehead atoms. The van der Waals surface area contributed by atoms with Gasteiger partial charge in [0.05, 0.1) is 13.3 Å². The van der Waals surface area contributed by atoms with Crippen molar-refractivity contribution in [2.45, 2.75) is 0 Å². The SMILES string of the molecule is C[N+]1(C(=O)OCC(=CO)c2ccccc2)C=Nc2c1[nH]c(=O)[nH]c2=O. The Kier molecular flexibility index (Phi) is 4.07. The summed E-state index contributed by atoms with van der Waals surface area (Å²) >= 11 is 0. The molecule has 2 heterocycles. The molecule has 9 heteroatoms. The van der Waals surface area contributed by atoms with E-state index in [4.69, 9.17) is 4.74 Å². The normalized spacial score (nSPS) is 18.8. The van der Waals surface area contributed by atoms with Gasteiger partial charge in [0.15, 0.2) is 0 Å². The van der Waals surface area contributed by atoms with Crippen molar-refractivity contribution >= 4 is 29.5 Å². The number of aromatic amines is 2. The van der Waals surface area contributed by atoms with Crippen LogP contribution in [0.25, 0.3) is 5.57 Å². The topological polar surface area (TPSA) is 125 Å². The van der Waals surface area contributed by atoms with E-state index in [0.29, 0.717) is 11.1 Å². The van der Waals surface area contributed by atoms with E-state index in [1.165, 1.54) is 13.4 Å². The van der Waals surface area contributed by atoms with Gasteiger partial charge in [0.25, 0.3) is 11.4 Å². The molecule has 128 valence electrons. The number of aliphatic hydroxyl groups excluding tert-OH is 1. The molecule has 1 amide bonds. The first-order chi connectivity index (χ1) is 12.0. The van der Waals surface area contributed by atoms with E-state index in [0.717, 1.165) is 6.26 Å². The lowest BCUT2D eigenvalue weighted by molar-refractivity contribution is 0.142. The average molecular weight is 343 g/mol. The summed E-state index contributed by atoms with van der Waals surface area (Å²) in [7, 11) is 1.43. The molecule has 2 aromatic rings.